The van der Waals surface area contributed by atoms with E-state index in [-0.39, 0.29) is 5.91 Å². The molecule has 1 saturated heterocycles. The molecule has 5 heteroatoms. The highest BCUT2D eigenvalue weighted by Crippen LogP contribution is 2.23. The second kappa shape index (κ2) is 8.70. The normalized spacial score (nSPS) is 14.3. The molecule has 2 N–H and O–H groups in total. The van der Waals surface area contributed by atoms with Gasteiger partial charge in [0.1, 0.15) is 5.82 Å². The third kappa shape index (κ3) is 5.22. The van der Waals surface area contributed by atoms with E-state index in [0.29, 0.717) is 12.3 Å². The van der Waals surface area contributed by atoms with Gasteiger partial charge >= 0.3 is 0 Å². The van der Waals surface area contributed by atoms with Crippen LogP contribution >= 0.6 is 0 Å². The van der Waals surface area contributed by atoms with Crippen LogP contribution in [0.15, 0.2) is 42.6 Å². The molecule has 138 valence electrons. The number of anilines is 4. The first-order valence-electron chi connectivity index (χ1n) is 9.48. The second-order valence-corrected chi connectivity index (χ2v) is 7.30. The Labute approximate surface area is 155 Å². The van der Waals surface area contributed by atoms with Crippen LogP contribution in [-0.2, 0) is 4.79 Å². The van der Waals surface area contributed by atoms with Gasteiger partial charge < -0.3 is 15.5 Å². The summed E-state index contributed by atoms with van der Waals surface area (Å²) in [4.78, 5) is 18.6. The maximum Gasteiger partial charge on any atom is 0.224 e. The fraction of sp³-hybridized carbons (Fsp3) is 0.429. The lowest BCUT2D eigenvalue weighted by molar-refractivity contribution is -0.116. The predicted octanol–water partition coefficient (Wildman–Crippen LogP) is 4.80. The van der Waals surface area contributed by atoms with E-state index in [9.17, 15) is 4.79 Å². The molecule has 0 unspecified atom stereocenters. The average Bonchev–Trinajstić information content (AvgIpc) is 2.64. The van der Waals surface area contributed by atoms with Gasteiger partial charge in [0.2, 0.25) is 5.91 Å². The first-order valence-corrected chi connectivity index (χ1v) is 9.48. The summed E-state index contributed by atoms with van der Waals surface area (Å²) in [5.74, 6) is 1.13. The molecule has 0 radical (unpaired) electrons. The molecule has 0 aliphatic carbocycles. The number of piperidine rings is 1. The highest BCUT2D eigenvalue weighted by Gasteiger charge is 2.10. The Morgan fingerprint density at radius 3 is 2.35 bits per heavy atom. The Hall–Kier alpha value is -2.56. The van der Waals surface area contributed by atoms with Gasteiger partial charge in [-0.1, -0.05) is 13.8 Å². The Balaban J connectivity index is 1.56. The molecule has 1 aromatic heterocycles. The lowest BCUT2D eigenvalue weighted by Gasteiger charge is -2.28. The quantitative estimate of drug-likeness (QED) is 0.784. The van der Waals surface area contributed by atoms with E-state index in [4.69, 9.17) is 0 Å². The number of carbonyl (C=O) groups excluding carboxylic acids is 1. The molecule has 1 aliphatic rings. The molecule has 2 heterocycles. The van der Waals surface area contributed by atoms with Crippen LogP contribution in [0.3, 0.4) is 0 Å². The maximum atomic E-state index is 11.8. The van der Waals surface area contributed by atoms with E-state index in [1.54, 1.807) is 6.20 Å². The van der Waals surface area contributed by atoms with Crippen molar-refractivity contribution in [3.63, 3.8) is 0 Å². The molecule has 0 saturated carbocycles. The number of nitrogens with zero attached hydrogens (tertiary/aromatic N) is 2. The molecule has 2 aromatic rings. The van der Waals surface area contributed by atoms with Gasteiger partial charge in [-0.3, -0.25) is 4.79 Å². The predicted molar refractivity (Wildman–Crippen MR) is 108 cm³/mol. The summed E-state index contributed by atoms with van der Waals surface area (Å²) in [6, 6.07) is 12.2. The molecule has 1 aliphatic heterocycles. The summed E-state index contributed by atoms with van der Waals surface area (Å²) in [7, 11) is 0. The Bertz CT molecular complexity index is 704. The first-order chi connectivity index (χ1) is 12.6. The summed E-state index contributed by atoms with van der Waals surface area (Å²) in [6.45, 7) is 6.36. The van der Waals surface area contributed by atoms with Crippen LogP contribution in [0.2, 0.25) is 0 Å². The van der Waals surface area contributed by atoms with Crippen molar-refractivity contribution in [2.24, 2.45) is 5.92 Å². The van der Waals surface area contributed by atoms with Crippen LogP contribution in [0.5, 0.6) is 0 Å². The molecule has 1 amide bonds. The smallest absolute Gasteiger partial charge is 0.224 e. The van der Waals surface area contributed by atoms with Crippen molar-refractivity contribution in [2.75, 3.05) is 28.6 Å². The molecule has 3 rings (SSSR count). The summed E-state index contributed by atoms with van der Waals surface area (Å²) in [5, 5.41) is 6.18. The zero-order valence-electron chi connectivity index (χ0n) is 15.7. The minimum Gasteiger partial charge on any atom is -0.372 e. The highest BCUT2D eigenvalue weighted by atomic mass is 16.1. The zero-order valence-corrected chi connectivity index (χ0v) is 15.7. The van der Waals surface area contributed by atoms with Gasteiger partial charge in [0, 0.05) is 30.9 Å². The average molecular weight is 352 g/mol. The number of rotatable bonds is 6. The summed E-state index contributed by atoms with van der Waals surface area (Å²) in [5.41, 5.74) is 3.02. The summed E-state index contributed by atoms with van der Waals surface area (Å²) < 4.78 is 0. The number of aromatic nitrogens is 1. The SMILES string of the molecule is CC(C)CC(=O)Nc1ccc(Nc2ccc(N3CCCCC3)cc2)nc1. The van der Waals surface area contributed by atoms with Crippen molar-refractivity contribution in [1.82, 2.24) is 4.98 Å². The van der Waals surface area contributed by atoms with Gasteiger partial charge in [0.15, 0.2) is 0 Å². The maximum absolute atomic E-state index is 11.8. The molecule has 5 nitrogen and oxygen atoms in total. The van der Waals surface area contributed by atoms with Crippen molar-refractivity contribution < 1.29 is 4.79 Å². The Morgan fingerprint density at radius 2 is 1.73 bits per heavy atom. The van der Waals surface area contributed by atoms with Crippen molar-refractivity contribution >= 4 is 28.8 Å². The number of hydrogen-bond donors (Lipinski definition) is 2. The monoisotopic (exact) mass is 352 g/mol. The Kier molecular flexibility index (Phi) is 6.10. The number of amides is 1. The summed E-state index contributed by atoms with van der Waals surface area (Å²) in [6.07, 6.45) is 6.11. The fourth-order valence-corrected chi connectivity index (χ4v) is 3.18. The minimum atomic E-state index is 0.0239. The van der Waals surface area contributed by atoms with Crippen LogP contribution in [0.4, 0.5) is 22.9 Å². The molecule has 1 aromatic carbocycles. The van der Waals surface area contributed by atoms with Gasteiger partial charge in [-0.2, -0.15) is 0 Å². The fourth-order valence-electron chi connectivity index (χ4n) is 3.18. The number of nitrogens with one attached hydrogen (secondary N) is 2. The molecular formula is C21H28N4O. The van der Waals surface area contributed by atoms with Crippen LogP contribution in [-0.4, -0.2) is 24.0 Å². The van der Waals surface area contributed by atoms with E-state index in [1.165, 1.54) is 24.9 Å². The highest BCUT2D eigenvalue weighted by molar-refractivity contribution is 5.90. The summed E-state index contributed by atoms with van der Waals surface area (Å²) >= 11 is 0. The molecule has 0 spiro atoms. The van der Waals surface area contributed by atoms with E-state index < -0.39 is 0 Å². The van der Waals surface area contributed by atoms with Gasteiger partial charge in [0.05, 0.1) is 11.9 Å². The van der Waals surface area contributed by atoms with E-state index >= 15 is 0 Å². The van der Waals surface area contributed by atoms with Gasteiger partial charge in [0.25, 0.3) is 0 Å². The van der Waals surface area contributed by atoms with E-state index in [0.717, 1.165) is 30.3 Å². The van der Waals surface area contributed by atoms with Crippen molar-refractivity contribution in [1.29, 1.82) is 0 Å². The number of hydrogen-bond acceptors (Lipinski definition) is 4. The molecule has 1 fully saturated rings. The number of pyridine rings is 1. The third-order valence-electron chi connectivity index (χ3n) is 4.50. The zero-order chi connectivity index (χ0) is 18.4. The number of benzene rings is 1. The van der Waals surface area contributed by atoms with Crippen LogP contribution < -0.4 is 15.5 Å². The van der Waals surface area contributed by atoms with Gasteiger partial charge in [-0.05, 0) is 61.6 Å². The molecular weight excluding hydrogens is 324 g/mol. The van der Waals surface area contributed by atoms with Crippen LogP contribution in [0.1, 0.15) is 39.5 Å². The van der Waals surface area contributed by atoms with Crippen LogP contribution in [0.25, 0.3) is 0 Å². The second-order valence-electron chi connectivity index (χ2n) is 7.30. The third-order valence-corrected chi connectivity index (χ3v) is 4.50. The van der Waals surface area contributed by atoms with E-state index in [1.807, 2.05) is 26.0 Å². The van der Waals surface area contributed by atoms with Crippen molar-refractivity contribution in [2.45, 2.75) is 39.5 Å². The lowest BCUT2D eigenvalue weighted by atomic mass is 10.1. The topological polar surface area (TPSA) is 57.3 Å². The lowest BCUT2D eigenvalue weighted by Crippen LogP contribution is -2.29. The van der Waals surface area contributed by atoms with E-state index in [2.05, 4.69) is 44.8 Å². The van der Waals surface area contributed by atoms with Crippen LogP contribution in [0, 0.1) is 5.92 Å². The molecule has 0 bridgehead atoms. The Morgan fingerprint density at radius 1 is 1.04 bits per heavy atom. The number of carbonyl (C=O) groups is 1. The molecule has 0 atom stereocenters. The van der Waals surface area contributed by atoms with Crippen molar-refractivity contribution in [3.8, 4) is 0 Å². The first kappa shape index (κ1) is 18.2. The largest absolute Gasteiger partial charge is 0.372 e. The minimum absolute atomic E-state index is 0.0239. The molecule has 26 heavy (non-hydrogen) atoms. The van der Waals surface area contributed by atoms with Gasteiger partial charge in [-0.15, -0.1) is 0 Å². The standard InChI is InChI=1S/C21H28N4O/c1-16(2)14-21(26)24-18-8-11-20(22-15-18)23-17-6-9-19(10-7-17)25-12-4-3-5-13-25/h6-11,15-16H,3-5,12-14H2,1-2H3,(H,22,23)(H,24,26). The van der Waals surface area contributed by atoms with Crippen molar-refractivity contribution in [3.05, 3.63) is 42.6 Å². The van der Waals surface area contributed by atoms with Gasteiger partial charge in [-0.25, -0.2) is 4.98 Å².